The van der Waals surface area contributed by atoms with Crippen LogP contribution in [-0.2, 0) is 9.59 Å². The van der Waals surface area contributed by atoms with Crippen molar-refractivity contribution < 1.29 is 18.7 Å². The van der Waals surface area contributed by atoms with Gasteiger partial charge >= 0.3 is 0 Å². The predicted molar refractivity (Wildman–Crippen MR) is 88.8 cm³/mol. The smallest absolute Gasteiger partial charge is 0.225 e. The van der Waals surface area contributed by atoms with Crippen LogP contribution in [0.25, 0.3) is 0 Å². The second kappa shape index (κ2) is 6.31. The minimum absolute atomic E-state index is 0.168. The maximum absolute atomic E-state index is 13.7. The Morgan fingerprint density at radius 3 is 2.75 bits per heavy atom. The van der Waals surface area contributed by atoms with Gasteiger partial charge in [0.2, 0.25) is 11.8 Å². The Labute approximate surface area is 138 Å². The summed E-state index contributed by atoms with van der Waals surface area (Å²) in [5.74, 6) is -0.522. The molecule has 0 spiro atoms. The summed E-state index contributed by atoms with van der Waals surface area (Å²) < 4.78 is 19.0. The van der Waals surface area contributed by atoms with Crippen LogP contribution in [0.4, 0.5) is 15.8 Å². The number of carbonyl (C=O) groups excluding carboxylic acids is 2. The number of hydrogen-bond acceptors (Lipinski definition) is 3. The van der Waals surface area contributed by atoms with Crippen molar-refractivity contribution in [3.63, 3.8) is 0 Å². The summed E-state index contributed by atoms with van der Waals surface area (Å²) >= 11 is 0. The summed E-state index contributed by atoms with van der Waals surface area (Å²) in [6.07, 6.45) is 0.201. The van der Waals surface area contributed by atoms with Gasteiger partial charge in [0, 0.05) is 36.2 Å². The van der Waals surface area contributed by atoms with Crippen LogP contribution >= 0.6 is 0 Å². The van der Waals surface area contributed by atoms with Crippen molar-refractivity contribution in [1.82, 2.24) is 0 Å². The third kappa shape index (κ3) is 3.08. The van der Waals surface area contributed by atoms with E-state index >= 15 is 0 Å². The Balaban J connectivity index is 2.08. The van der Waals surface area contributed by atoms with Crippen molar-refractivity contribution in [2.24, 2.45) is 0 Å². The van der Waals surface area contributed by atoms with E-state index in [0.717, 1.165) is 5.56 Å². The highest BCUT2D eigenvalue weighted by Gasteiger charge is 2.29. The number of ether oxygens (including phenoxy) is 1. The van der Waals surface area contributed by atoms with Crippen molar-refractivity contribution in [2.75, 3.05) is 17.7 Å². The van der Waals surface area contributed by atoms with Gasteiger partial charge < -0.3 is 15.4 Å². The fraction of sp³-hybridized carbons (Fsp3) is 0.222. The van der Waals surface area contributed by atoms with Crippen LogP contribution in [0.1, 0.15) is 30.4 Å². The molecule has 1 unspecified atom stereocenters. The number of hydrogen-bond donors (Lipinski definition) is 2. The SMILES string of the molecule is COc1ccc(F)cc1C1CC(=O)Nc2cc(NC(C)=O)ccc21. The van der Waals surface area contributed by atoms with Gasteiger partial charge in [-0.25, -0.2) is 4.39 Å². The topological polar surface area (TPSA) is 67.4 Å². The van der Waals surface area contributed by atoms with Crippen molar-refractivity contribution in [2.45, 2.75) is 19.3 Å². The molecule has 2 aromatic rings. The normalized spacial score (nSPS) is 16.1. The average molecular weight is 328 g/mol. The van der Waals surface area contributed by atoms with Gasteiger partial charge in [0.1, 0.15) is 11.6 Å². The zero-order valence-corrected chi connectivity index (χ0v) is 13.4. The maximum atomic E-state index is 13.7. The van der Waals surface area contributed by atoms with E-state index in [4.69, 9.17) is 4.74 Å². The monoisotopic (exact) mass is 328 g/mol. The number of fused-ring (bicyclic) bond motifs is 1. The molecule has 2 amide bonds. The summed E-state index contributed by atoms with van der Waals surface area (Å²) in [5.41, 5.74) is 2.68. The molecule has 124 valence electrons. The van der Waals surface area contributed by atoms with Crippen molar-refractivity contribution in [3.8, 4) is 5.75 Å². The van der Waals surface area contributed by atoms with Crippen LogP contribution in [0.5, 0.6) is 5.75 Å². The Kier molecular flexibility index (Phi) is 4.20. The van der Waals surface area contributed by atoms with Crippen LogP contribution in [0, 0.1) is 5.82 Å². The molecule has 5 nitrogen and oxygen atoms in total. The predicted octanol–water partition coefficient (Wildman–Crippen LogP) is 3.27. The molecule has 0 aromatic heterocycles. The van der Waals surface area contributed by atoms with Gasteiger partial charge in [0.15, 0.2) is 0 Å². The first-order valence-electron chi connectivity index (χ1n) is 7.52. The average Bonchev–Trinajstić information content (AvgIpc) is 2.53. The first kappa shape index (κ1) is 16.0. The van der Waals surface area contributed by atoms with Gasteiger partial charge in [0.05, 0.1) is 7.11 Å². The van der Waals surface area contributed by atoms with E-state index in [2.05, 4.69) is 10.6 Å². The second-order valence-electron chi connectivity index (χ2n) is 5.67. The lowest BCUT2D eigenvalue weighted by atomic mass is 9.84. The molecule has 24 heavy (non-hydrogen) atoms. The molecule has 1 aliphatic rings. The highest BCUT2D eigenvalue weighted by molar-refractivity contribution is 5.97. The summed E-state index contributed by atoms with van der Waals surface area (Å²) in [6.45, 7) is 1.42. The lowest BCUT2D eigenvalue weighted by Crippen LogP contribution is -2.24. The molecule has 0 radical (unpaired) electrons. The van der Waals surface area contributed by atoms with Crippen LogP contribution in [0.2, 0.25) is 0 Å². The largest absolute Gasteiger partial charge is 0.496 e. The van der Waals surface area contributed by atoms with Crippen LogP contribution in [0.3, 0.4) is 0 Å². The number of benzene rings is 2. The first-order chi connectivity index (χ1) is 11.5. The van der Waals surface area contributed by atoms with E-state index in [9.17, 15) is 14.0 Å². The molecule has 0 fully saturated rings. The summed E-state index contributed by atoms with van der Waals surface area (Å²) in [4.78, 5) is 23.3. The van der Waals surface area contributed by atoms with Crippen LogP contribution in [-0.4, -0.2) is 18.9 Å². The molecule has 2 aromatic carbocycles. The summed E-state index contributed by atoms with van der Waals surface area (Å²) in [7, 11) is 1.51. The minimum Gasteiger partial charge on any atom is -0.496 e. The highest BCUT2D eigenvalue weighted by atomic mass is 19.1. The van der Waals surface area contributed by atoms with Gasteiger partial charge in [0.25, 0.3) is 0 Å². The number of halogens is 1. The third-order valence-electron chi connectivity index (χ3n) is 3.98. The zero-order valence-electron chi connectivity index (χ0n) is 13.4. The molecule has 2 N–H and O–H groups in total. The molecular formula is C18H17FN2O3. The number of carbonyl (C=O) groups is 2. The van der Waals surface area contributed by atoms with Gasteiger partial charge in [-0.05, 0) is 35.9 Å². The van der Waals surface area contributed by atoms with E-state index < -0.39 is 0 Å². The van der Waals surface area contributed by atoms with Gasteiger partial charge in [-0.3, -0.25) is 9.59 Å². The van der Waals surface area contributed by atoms with E-state index in [0.29, 0.717) is 22.7 Å². The Morgan fingerprint density at radius 1 is 1.25 bits per heavy atom. The molecule has 1 aliphatic heterocycles. The Bertz CT molecular complexity index is 820. The zero-order chi connectivity index (χ0) is 17.3. The molecule has 0 saturated heterocycles. The molecule has 0 bridgehead atoms. The first-order valence-corrected chi connectivity index (χ1v) is 7.52. The van der Waals surface area contributed by atoms with Crippen molar-refractivity contribution >= 4 is 23.2 Å². The fourth-order valence-corrected chi connectivity index (χ4v) is 3.00. The van der Waals surface area contributed by atoms with E-state index in [1.807, 2.05) is 6.07 Å². The van der Waals surface area contributed by atoms with Gasteiger partial charge in [-0.1, -0.05) is 6.07 Å². The lowest BCUT2D eigenvalue weighted by molar-refractivity contribution is -0.116. The molecule has 1 heterocycles. The molecular weight excluding hydrogens is 311 g/mol. The van der Waals surface area contributed by atoms with E-state index in [1.54, 1.807) is 18.2 Å². The maximum Gasteiger partial charge on any atom is 0.225 e. The summed E-state index contributed by atoms with van der Waals surface area (Å²) in [6, 6.07) is 9.57. The van der Waals surface area contributed by atoms with Crippen molar-refractivity contribution in [1.29, 1.82) is 0 Å². The minimum atomic E-state index is -0.381. The number of nitrogens with one attached hydrogen (secondary N) is 2. The number of methoxy groups -OCH3 is 1. The molecule has 3 rings (SSSR count). The number of rotatable bonds is 3. The Hall–Kier alpha value is -2.89. The van der Waals surface area contributed by atoms with Crippen LogP contribution in [0.15, 0.2) is 36.4 Å². The number of amides is 2. The molecule has 6 heteroatoms. The summed E-state index contributed by atoms with van der Waals surface area (Å²) in [5, 5.41) is 5.48. The van der Waals surface area contributed by atoms with E-state index in [1.165, 1.54) is 26.2 Å². The van der Waals surface area contributed by atoms with Gasteiger partial charge in [-0.15, -0.1) is 0 Å². The van der Waals surface area contributed by atoms with Crippen molar-refractivity contribution in [3.05, 3.63) is 53.3 Å². The Morgan fingerprint density at radius 2 is 2.04 bits per heavy atom. The van der Waals surface area contributed by atoms with Gasteiger partial charge in [-0.2, -0.15) is 0 Å². The van der Waals surface area contributed by atoms with Crippen LogP contribution < -0.4 is 15.4 Å². The second-order valence-corrected chi connectivity index (χ2v) is 5.67. The molecule has 0 aliphatic carbocycles. The molecule has 0 saturated carbocycles. The quantitative estimate of drug-likeness (QED) is 0.909. The lowest BCUT2D eigenvalue weighted by Gasteiger charge is -2.27. The number of anilines is 2. The van der Waals surface area contributed by atoms with E-state index in [-0.39, 0.29) is 30.0 Å². The third-order valence-corrected chi connectivity index (χ3v) is 3.98. The fourth-order valence-electron chi connectivity index (χ4n) is 3.00. The molecule has 1 atom stereocenters. The standard InChI is InChI=1S/C18H17FN2O3/c1-10(22)20-12-4-5-13-14(9-18(23)21-16(13)8-12)15-7-11(19)3-6-17(15)24-2/h3-8,14H,9H2,1-2H3,(H,20,22)(H,21,23). The highest BCUT2D eigenvalue weighted by Crippen LogP contribution is 2.41.